The van der Waals surface area contributed by atoms with Crippen LogP contribution in [-0.4, -0.2) is 23.0 Å². The van der Waals surface area contributed by atoms with E-state index in [1.54, 1.807) is 12.1 Å². The summed E-state index contributed by atoms with van der Waals surface area (Å²) in [6.07, 6.45) is 6.05. The van der Waals surface area contributed by atoms with Crippen LogP contribution in [0.1, 0.15) is 55.1 Å². The van der Waals surface area contributed by atoms with Crippen LogP contribution >= 0.6 is 0 Å². The van der Waals surface area contributed by atoms with Gasteiger partial charge in [0.05, 0.1) is 18.0 Å². The van der Waals surface area contributed by atoms with Gasteiger partial charge in [0.1, 0.15) is 5.69 Å². The van der Waals surface area contributed by atoms with Crippen LogP contribution in [0, 0.1) is 17.0 Å². The number of ether oxygens (including phenoxy) is 1. The number of nitrogens with two attached hydrogens (primary N) is 1. The molecular formula is C23H25F2N3O3. The zero-order valence-electron chi connectivity index (χ0n) is 17.7. The molecule has 3 aromatic rings. The maximum Gasteiger partial charge on any atom is 0.268 e. The lowest BCUT2D eigenvalue weighted by molar-refractivity contribution is 0.0997. The minimum atomic E-state index is -0.866. The lowest BCUT2D eigenvalue weighted by Gasteiger charge is -2.19. The van der Waals surface area contributed by atoms with Crippen LogP contribution in [-0.2, 0) is 0 Å². The highest BCUT2D eigenvalue weighted by Crippen LogP contribution is 2.48. The summed E-state index contributed by atoms with van der Waals surface area (Å²) in [6, 6.07) is 5.79. The quantitative estimate of drug-likeness (QED) is 0.649. The smallest absolute Gasteiger partial charge is 0.268 e. The SMILES string of the molecule is COc1c(C2CCC(C)(C)C2)ccc(F)c1F.NC(=O)c1nccc2[nH]ccc(=O)c12. The van der Waals surface area contributed by atoms with E-state index in [2.05, 4.69) is 23.8 Å². The Hall–Kier alpha value is -3.29. The third-order valence-corrected chi connectivity index (χ3v) is 5.60. The molecule has 0 aliphatic heterocycles. The first-order valence-corrected chi connectivity index (χ1v) is 9.92. The summed E-state index contributed by atoms with van der Waals surface area (Å²) >= 11 is 0. The number of hydrogen-bond donors (Lipinski definition) is 2. The number of primary amides is 1. The standard InChI is InChI=1S/C14H18F2O.C9H7N3O2/c1-14(2)7-6-9(8-14)10-4-5-11(15)12(16)13(10)17-3;10-9(14)8-7-5(1-3-12-8)11-4-2-6(7)13/h4-5,9H,6-8H2,1-3H3;1-4H,(H2,10,14)(H,11,13). The summed E-state index contributed by atoms with van der Waals surface area (Å²) in [6.45, 7) is 4.42. The molecule has 1 atom stereocenters. The van der Waals surface area contributed by atoms with Gasteiger partial charge in [0.25, 0.3) is 5.91 Å². The third kappa shape index (κ3) is 4.73. The number of amides is 1. The Bertz CT molecular complexity index is 1170. The molecule has 0 radical (unpaired) electrons. The van der Waals surface area contributed by atoms with E-state index in [0.29, 0.717) is 5.52 Å². The number of pyridine rings is 2. The molecule has 1 aliphatic rings. The van der Waals surface area contributed by atoms with Crippen molar-refractivity contribution in [3.8, 4) is 5.75 Å². The van der Waals surface area contributed by atoms with Gasteiger partial charge in [-0.05, 0) is 42.7 Å². The van der Waals surface area contributed by atoms with Gasteiger partial charge in [-0.15, -0.1) is 0 Å². The Labute approximate surface area is 178 Å². The Morgan fingerprint density at radius 2 is 2.00 bits per heavy atom. The van der Waals surface area contributed by atoms with Crippen molar-refractivity contribution in [1.29, 1.82) is 0 Å². The number of halogens is 2. The Morgan fingerprint density at radius 1 is 1.26 bits per heavy atom. The number of nitrogens with one attached hydrogen (secondary N) is 1. The van der Waals surface area contributed by atoms with Crippen LogP contribution in [0.2, 0.25) is 0 Å². The van der Waals surface area contributed by atoms with Crippen molar-refractivity contribution < 1.29 is 18.3 Å². The van der Waals surface area contributed by atoms with Crippen LogP contribution in [0.3, 0.4) is 0 Å². The van der Waals surface area contributed by atoms with Crippen molar-refractivity contribution in [3.63, 3.8) is 0 Å². The molecule has 1 unspecified atom stereocenters. The minimum absolute atomic E-state index is 0.00403. The van der Waals surface area contributed by atoms with Crippen LogP contribution in [0.4, 0.5) is 8.78 Å². The summed E-state index contributed by atoms with van der Waals surface area (Å²) in [5, 5.41) is 0.238. The highest BCUT2D eigenvalue weighted by atomic mass is 19.2. The van der Waals surface area contributed by atoms with Gasteiger partial charge in [-0.25, -0.2) is 4.39 Å². The molecule has 31 heavy (non-hydrogen) atoms. The topological polar surface area (TPSA) is 98.1 Å². The Kier molecular flexibility index (Phi) is 6.38. The second-order valence-electron chi connectivity index (χ2n) is 8.38. The minimum Gasteiger partial charge on any atom is -0.493 e. The van der Waals surface area contributed by atoms with Gasteiger partial charge in [0.2, 0.25) is 5.82 Å². The second-order valence-corrected chi connectivity index (χ2v) is 8.38. The first kappa shape index (κ1) is 22.4. The van der Waals surface area contributed by atoms with E-state index in [-0.39, 0.29) is 33.6 Å². The van der Waals surface area contributed by atoms with E-state index >= 15 is 0 Å². The average molecular weight is 429 g/mol. The van der Waals surface area contributed by atoms with Crippen molar-refractivity contribution in [2.24, 2.45) is 11.1 Å². The van der Waals surface area contributed by atoms with Crippen LogP contribution in [0.25, 0.3) is 10.9 Å². The predicted octanol–water partition coefficient (Wildman–Crippen LogP) is 4.29. The third-order valence-electron chi connectivity index (χ3n) is 5.60. The fraction of sp³-hybridized carbons (Fsp3) is 0.348. The molecule has 1 aliphatic carbocycles. The first-order valence-electron chi connectivity index (χ1n) is 9.92. The van der Waals surface area contributed by atoms with Crippen LogP contribution in [0.5, 0.6) is 5.75 Å². The molecule has 6 nitrogen and oxygen atoms in total. The predicted molar refractivity (Wildman–Crippen MR) is 114 cm³/mol. The maximum atomic E-state index is 13.6. The van der Waals surface area contributed by atoms with Gasteiger partial charge in [-0.2, -0.15) is 4.39 Å². The van der Waals surface area contributed by atoms with Gasteiger partial charge < -0.3 is 15.5 Å². The number of carbonyl (C=O) groups excluding carboxylic acids is 1. The number of rotatable bonds is 3. The lowest BCUT2D eigenvalue weighted by atomic mass is 9.88. The van der Waals surface area contributed by atoms with Gasteiger partial charge >= 0.3 is 0 Å². The molecule has 0 saturated heterocycles. The fourth-order valence-corrected chi connectivity index (χ4v) is 4.09. The number of methoxy groups -OCH3 is 1. The van der Waals surface area contributed by atoms with E-state index in [4.69, 9.17) is 10.5 Å². The summed E-state index contributed by atoms with van der Waals surface area (Å²) < 4.78 is 31.8. The van der Waals surface area contributed by atoms with E-state index < -0.39 is 17.5 Å². The summed E-state index contributed by atoms with van der Waals surface area (Å²) in [5.74, 6) is -2.06. The molecule has 4 rings (SSSR count). The molecule has 0 bridgehead atoms. The molecule has 0 spiro atoms. The van der Waals surface area contributed by atoms with Gasteiger partial charge in [-0.3, -0.25) is 14.6 Å². The summed E-state index contributed by atoms with van der Waals surface area (Å²) in [4.78, 5) is 29.0. The monoisotopic (exact) mass is 429 g/mol. The van der Waals surface area contributed by atoms with Crippen molar-refractivity contribution in [2.75, 3.05) is 7.11 Å². The molecule has 1 fully saturated rings. The average Bonchev–Trinajstić information content (AvgIpc) is 3.09. The molecule has 2 aromatic heterocycles. The van der Waals surface area contributed by atoms with Crippen molar-refractivity contribution in [1.82, 2.24) is 9.97 Å². The highest BCUT2D eigenvalue weighted by molar-refractivity contribution is 6.03. The number of benzene rings is 1. The molecule has 1 saturated carbocycles. The van der Waals surface area contributed by atoms with E-state index in [0.717, 1.165) is 24.8 Å². The van der Waals surface area contributed by atoms with Crippen LogP contribution in [0.15, 0.2) is 41.5 Å². The van der Waals surface area contributed by atoms with Crippen molar-refractivity contribution >= 4 is 16.8 Å². The number of H-pyrrole nitrogens is 1. The fourth-order valence-electron chi connectivity index (χ4n) is 4.09. The molecule has 3 N–H and O–H groups in total. The number of hydrogen-bond acceptors (Lipinski definition) is 4. The summed E-state index contributed by atoms with van der Waals surface area (Å²) in [5.41, 5.74) is 6.47. The number of nitrogens with zero attached hydrogens (tertiary/aromatic N) is 1. The summed E-state index contributed by atoms with van der Waals surface area (Å²) in [7, 11) is 1.39. The Morgan fingerprint density at radius 3 is 2.61 bits per heavy atom. The zero-order valence-corrected chi connectivity index (χ0v) is 17.7. The van der Waals surface area contributed by atoms with E-state index in [1.807, 2.05) is 0 Å². The molecule has 2 heterocycles. The lowest BCUT2D eigenvalue weighted by Crippen LogP contribution is -2.17. The first-order chi connectivity index (χ1) is 14.6. The number of carbonyl (C=O) groups is 1. The zero-order chi connectivity index (χ0) is 22.8. The maximum absolute atomic E-state index is 13.6. The second kappa shape index (κ2) is 8.83. The van der Waals surface area contributed by atoms with E-state index in [9.17, 15) is 18.4 Å². The van der Waals surface area contributed by atoms with Gasteiger partial charge in [-0.1, -0.05) is 19.9 Å². The molecule has 1 amide bonds. The largest absolute Gasteiger partial charge is 0.493 e. The number of aromatic nitrogens is 2. The highest BCUT2D eigenvalue weighted by Gasteiger charge is 2.34. The number of aromatic amines is 1. The van der Waals surface area contributed by atoms with Crippen molar-refractivity contribution in [3.05, 3.63) is 69.8 Å². The van der Waals surface area contributed by atoms with Crippen molar-refractivity contribution in [2.45, 2.75) is 39.0 Å². The van der Waals surface area contributed by atoms with Crippen LogP contribution < -0.4 is 15.9 Å². The molecule has 1 aromatic carbocycles. The molecule has 164 valence electrons. The molecule has 8 heteroatoms. The van der Waals surface area contributed by atoms with Gasteiger partial charge in [0.15, 0.2) is 17.0 Å². The van der Waals surface area contributed by atoms with Gasteiger partial charge in [0, 0.05) is 24.0 Å². The Balaban J connectivity index is 0.000000179. The molecular weight excluding hydrogens is 404 g/mol. The normalized spacial score (nSPS) is 17.1. The number of fused-ring (bicyclic) bond motifs is 1. The van der Waals surface area contributed by atoms with E-state index in [1.165, 1.54) is 31.6 Å².